The Hall–Kier alpha value is -2.53. The molecule has 1 N–H and O–H groups in total. The van der Waals surface area contributed by atoms with Crippen LogP contribution in [-0.2, 0) is 14.3 Å². The van der Waals surface area contributed by atoms with Gasteiger partial charge in [-0.2, -0.15) is 0 Å². The summed E-state index contributed by atoms with van der Waals surface area (Å²) in [6, 6.07) is 3.68. The molecule has 3 aliphatic carbocycles. The fraction of sp³-hybridized carbons (Fsp3) is 0.480. The molecule has 5 aliphatic rings. The molecule has 5 heteroatoms. The normalized spacial score (nSPS) is 38.6. The minimum absolute atomic E-state index is 0.0474. The monoisotopic (exact) mass is 402 g/mol. The van der Waals surface area contributed by atoms with Gasteiger partial charge in [-0.3, -0.25) is 14.6 Å². The molecule has 2 spiro atoms. The van der Waals surface area contributed by atoms with E-state index in [4.69, 9.17) is 4.74 Å². The molecule has 2 aliphatic heterocycles. The number of amides is 1. The highest BCUT2D eigenvalue weighted by Gasteiger charge is 2.65. The second-order valence-corrected chi connectivity index (χ2v) is 9.75. The SMILES string of the molecule is CC12CC=C3C=C4CCC(=O)CC45CCC3(O5)C1CC=C2C(=O)Nc1cccnc1. The summed E-state index contributed by atoms with van der Waals surface area (Å²) < 4.78 is 6.94. The lowest BCUT2D eigenvalue weighted by molar-refractivity contribution is -0.145. The van der Waals surface area contributed by atoms with Crippen molar-refractivity contribution in [2.24, 2.45) is 11.3 Å². The van der Waals surface area contributed by atoms with Crippen LogP contribution in [0.25, 0.3) is 0 Å². The molecule has 4 unspecified atom stereocenters. The van der Waals surface area contributed by atoms with Gasteiger partial charge in [0.2, 0.25) is 0 Å². The zero-order valence-corrected chi connectivity index (χ0v) is 17.2. The standard InChI is InChI=1S/C25H26N2O3/c1-23-9-8-17-13-16-4-5-19(28)14-24(16)10-11-25(17,30-24)21(23)7-6-20(23)22(29)27-18-3-2-12-26-15-18/h2-3,6,8,12-13,15,21H,4-5,7,9-11,14H2,1H3,(H,27,29). The number of hydrogen-bond acceptors (Lipinski definition) is 4. The van der Waals surface area contributed by atoms with Crippen molar-refractivity contribution in [3.63, 3.8) is 0 Å². The minimum Gasteiger partial charge on any atom is -0.359 e. The Morgan fingerprint density at radius 1 is 1.27 bits per heavy atom. The van der Waals surface area contributed by atoms with Crippen molar-refractivity contribution in [3.05, 3.63) is 59.5 Å². The molecule has 1 aromatic heterocycles. The highest BCUT2D eigenvalue weighted by molar-refractivity contribution is 6.05. The van der Waals surface area contributed by atoms with Crippen molar-refractivity contribution >= 4 is 17.4 Å². The van der Waals surface area contributed by atoms with Gasteiger partial charge in [0.25, 0.3) is 5.91 Å². The Bertz CT molecular complexity index is 1060. The highest BCUT2D eigenvalue weighted by atomic mass is 16.5. The largest absolute Gasteiger partial charge is 0.359 e. The lowest BCUT2D eigenvalue weighted by atomic mass is 9.59. The number of allylic oxidation sites excluding steroid dienone is 2. The number of nitrogens with one attached hydrogen (secondary N) is 1. The zero-order chi connectivity index (χ0) is 20.6. The van der Waals surface area contributed by atoms with E-state index < -0.39 is 5.60 Å². The number of Topliss-reactive ketones (excluding diaryl/α,β-unsaturated/α-hetero) is 1. The van der Waals surface area contributed by atoms with E-state index >= 15 is 0 Å². The fourth-order valence-corrected chi connectivity index (χ4v) is 6.79. The maximum Gasteiger partial charge on any atom is 0.251 e. The van der Waals surface area contributed by atoms with Gasteiger partial charge < -0.3 is 10.1 Å². The third-order valence-corrected chi connectivity index (χ3v) is 8.25. The van der Waals surface area contributed by atoms with Crippen molar-refractivity contribution in [1.29, 1.82) is 0 Å². The first-order valence-electron chi connectivity index (χ1n) is 11.0. The van der Waals surface area contributed by atoms with Crippen LogP contribution in [0.2, 0.25) is 0 Å². The van der Waals surface area contributed by atoms with Gasteiger partial charge in [0.15, 0.2) is 0 Å². The summed E-state index contributed by atoms with van der Waals surface area (Å²) in [6.45, 7) is 2.21. The predicted molar refractivity (Wildman–Crippen MR) is 113 cm³/mol. The third kappa shape index (κ3) is 2.30. The number of nitrogens with zero attached hydrogens (tertiary/aromatic N) is 1. The Morgan fingerprint density at radius 3 is 3.00 bits per heavy atom. The topological polar surface area (TPSA) is 68.3 Å². The quantitative estimate of drug-likeness (QED) is 0.802. The van der Waals surface area contributed by atoms with Gasteiger partial charge in [0, 0.05) is 35.9 Å². The molecule has 0 aromatic carbocycles. The number of carbonyl (C=O) groups excluding carboxylic acids is 2. The molecule has 1 saturated carbocycles. The lowest BCUT2D eigenvalue weighted by Crippen LogP contribution is -2.54. The summed E-state index contributed by atoms with van der Waals surface area (Å²) in [5, 5.41) is 3.02. The van der Waals surface area contributed by atoms with E-state index in [-0.39, 0.29) is 22.8 Å². The molecule has 154 valence electrons. The summed E-state index contributed by atoms with van der Waals surface area (Å²) in [4.78, 5) is 29.5. The van der Waals surface area contributed by atoms with E-state index in [1.54, 1.807) is 12.4 Å². The van der Waals surface area contributed by atoms with Gasteiger partial charge in [-0.15, -0.1) is 0 Å². The molecule has 30 heavy (non-hydrogen) atoms. The second kappa shape index (κ2) is 6.01. The molecule has 6 rings (SSSR count). The maximum absolute atomic E-state index is 13.2. The van der Waals surface area contributed by atoms with Gasteiger partial charge in [-0.05, 0) is 55.4 Å². The van der Waals surface area contributed by atoms with E-state index in [0.29, 0.717) is 24.3 Å². The van der Waals surface area contributed by atoms with E-state index in [9.17, 15) is 9.59 Å². The lowest BCUT2D eigenvalue weighted by Gasteiger charge is -2.53. The smallest absolute Gasteiger partial charge is 0.251 e. The van der Waals surface area contributed by atoms with Crippen molar-refractivity contribution in [2.75, 3.05) is 5.32 Å². The number of aromatic nitrogens is 1. The Balaban J connectivity index is 1.35. The summed E-state index contributed by atoms with van der Waals surface area (Å²) in [6.07, 6.45) is 15.6. The molecule has 1 saturated heterocycles. The third-order valence-electron chi connectivity index (χ3n) is 8.25. The number of carbonyl (C=O) groups is 2. The van der Waals surface area contributed by atoms with Crippen molar-refractivity contribution < 1.29 is 14.3 Å². The molecule has 2 bridgehead atoms. The first-order valence-corrected chi connectivity index (χ1v) is 11.0. The van der Waals surface area contributed by atoms with Crippen LogP contribution in [-0.4, -0.2) is 27.9 Å². The van der Waals surface area contributed by atoms with Crippen LogP contribution in [0.1, 0.15) is 51.9 Å². The Kier molecular flexibility index (Phi) is 3.65. The number of hydrogen-bond donors (Lipinski definition) is 1. The van der Waals surface area contributed by atoms with Gasteiger partial charge >= 0.3 is 0 Å². The van der Waals surface area contributed by atoms with Crippen molar-refractivity contribution in [3.8, 4) is 0 Å². The molecule has 4 atom stereocenters. The highest BCUT2D eigenvalue weighted by Crippen LogP contribution is 2.66. The summed E-state index contributed by atoms with van der Waals surface area (Å²) >= 11 is 0. The van der Waals surface area contributed by atoms with Gasteiger partial charge in [-0.1, -0.05) is 25.2 Å². The van der Waals surface area contributed by atoms with Crippen molar-refractivity contribution in [1.82, 2.24) is 4.98 Å². The van der Waals surface area contributed by atoms with E-state index in [1.807, 2.05) is 12.1 Å². The first kappa shape index (κ1) is 18.3. The van der Waals surface area contributed by atoms with E-state index in [1.165, 1.54) is 11.1 Å². The van der Waals surface area contributed by atoms with Gasteiger partial charge in [-0.25, -0.2) is 0 Å². The number of pyridine rings is 1. The van der Waals surface area contributed by atoms with Crippen molar-refractivity contribution in [2.45, 2.75) is 63.1 Å². The number of ketones is 1. The van der Waals surface area contributed by atoms with Crippen LogP contribution in [0.15, 0.2) is 59.5 Å². The fourth-order valence-electron chi connectivity index (χ4n) is 6.79. The molecule has 2 fully saturated rings. The van der Waals surface area contributed by atoms with Crippen LogP contribution in [0, 0.1) is 11.3 Å². The van der Waals surface area contributed by atoms with E-state index in [0.717, 1.165) is 37.7 Å². The van der Waals surface area contributed by atoms with Gasteiger partial charge in [0.05, 0.1) is 23.1 Å². The molecule has 5 nitrogen and oxygen atoms in total. The van der Waals surface area contributed by atoms with Crippen LogP contribution in [0.5, 0.6) is 0 Å². The van der Waals surface area contributed by atoms with Crippen LogP contribution < -0.4 is 5.32 Å². The summed E-state index contributed by atoms with van der Waals surface area (Å²) in [5.41, 5.74) is 3.11. The molecule has 1 aromatic rings. The zero-order valence-electron chi connectivity index (χ0n) is 17.2. The average Bonchev–Trinajstić information content (AvgIpc) is 3.24. The second-order valence-electron chi connectivity index (χ2n) is 9.75. The summed E-state index contributed by atoms with van der Waals surface area (Å²) in [7, 11) is 0. The molecular weight excluding hydrogens is 376 g/mol. The minimum atomic E-state index is -0.397. The molecule has 0 radical (unpaired) electrons. The van der Waals surface area contributed by atoms with Crippen LogP contribution in [0.3, 0.4) is 0 Å². The Morgan fingerprint density at radius 2 is 2.17 bits per heavy atom. The molecule has 1 amide bonds. The first-order chi connectivity index (χ1) is 14.5. The number of fused-ring (bicyclic) bond motifs is 1. The predicted octanol–water partition coefficient (Wildman–Crippen LogP) is 4.28. The molecular formula is C25H26N2O3. The van der Waals surface area contributed by atoms with Gasteiger partial charge in [0.1, 0.15) is 5.78 Å². The molecule has 3 heterocycles. The number of ether oxygens (including phenoxy) is 1. The van der Waals surface area contributed by atoms with E-state index in [2.05, 4.69) is 35.5 Å². The number of anilines is 1. The summed E-state index contributed by atoms with van der Waals surface area (Å²) in [5.74, 6) is 0.485. The maximum atomic E-state index is 13.2. The average molecular weight is 402 g/mol. The number of rotatable bonds is 2. The Labute approximate surface area is 176 Å². The van der Waals surface area contributed by atoms with Crippen LogP contribution in [0.4, 0.5) is 5.69 Å². The van der Waals surface area contributed by atoms with Crippen LogP contribution >= 0.6 is 0 Å².